The van der Waals surface area contributed by atoms with E-state index in [1.54, 1.807) is 18.3 Å². The molecule has 1 atom stereocenters. The molecule has 6 nitrogen and oxygen atoms in total. The molecule has 0 saturated heterocycles. The molecule has 3 aromatic rings. The molecule has 2 N–H and O–H groups in total. The van der Waals surface area contributed by atoms with Crippen LogP contribution in [0, 0.1) is 5.92 Å². The Bertz CT molecular complexity index is 1270. The standard InChI is InChI=1S/C28H31F3N6/c1-19(2)11-27(23-6-4-3-5-7-23)17-37(26(32)35-27)13-20-8-9-24(28(29,30)31)21(10-20)14-36-15-22-12-33-18-34-25(22)16-36/h3-10,12,18-19H,11,13-17H2,1-2H3,(H2,32,35). The van der Waals surface area contributed by atoms with E-state index in [2.05, 4.69) is 35.9 Å². The summed E-state index contributed by atoms with van der Waals surface area (Å²) >= 11 is 0. The minimum atomic E-state index is -4.44. The highest BCUT2D eigenvalue weighted by Crippen LogP contribution is 2.39. The predicted molar refractivity (Wildman–Crippen MR) is 136 cm³/mol. The van der Waals surface area contributed by atoms with Crippen LogP contribution < -0.4 is 5.73 Å². The van der Waals surface area contributed by atoms with E-state index in [9.17, 15) is 13.2 Å². The third-order valence-corrected chi connectivity index (χ3v) is 7.05. The van der Waals surface area contributed by atoms with E-state index in [1.807, 2.05) is 28.0 Å². The monoisotopic (exact) mass is 508 g/mol. The van der Waals surface area contributed by atoms with Gasteiger partial charge in [-0.05, 0) is 35.1 Å². The van der Waals surface area contributed by atoms with Gasteiger partial charge in [-0.3, -0.25) is 4.90 Å². The van der Waals surface area contributed by atoms with Crippen LogP contribution in [0.4, 0.5) is 13.2 Å². The number of fused-ring (bicyclic) bond motifs is 1. The molecule has 37 heavy (non-hydrogen) atoms. The number of benzene rings is 2. The summed E-state index contributed by atoms with van der Waals surface area (Å²) in [5.74, 6) is 0.808. The van der Waals surface area contributed by atoms with Gasteiger partial charge in [0.05, 0.1) is 17.8 Å². The molecule has 3 heterocycles. The van der Waals surface area contributed by atoms with Crippen molar-refractivity contribution in [2.24, 2.45) is 16.6 Å². The van der Waals surface area contributed by atoms with Gasteiger partial charge in [0, 0.05) is 37.9 Å². The second-order valence-electron chi connectivity index (χ2n) is 10.5. The average molecular weight is 509 g/mol. The zero-order valence-electron chi connectivity index (χ0n) is 21.0. The number of nitrogens with zero attached hydrogens (tertiary/aromatic N) is 5. The van der Waals surface area contributed by atoms with Gasteiger partial charge in [0.25, 0.3) is 0 Å². The second-order valence-corrected chi connectivity index (χ2v) is 10.5. The zero-order valence-corrected chi connectivity index (χ0v) is 21.0. The molecule has 194 valence electrons. The Kier molecular flexibility index (Phi) is 6.66. The average Bonchev–Trinajstić information content (AvgIpc) is 3.39. The van der Waals surface area contributed by atoms with Crippen LogP contribution in [0.3, 0.4) is 0 Å². The number of aromatic nitrogens is 2. The minimum Gasteiger partial charge on any atom is -0.370 e. The highest BCUT2D eigenvalue weighted by molar-refractivity contribution is 5.81. The van der Waals surface area contributed by atoms with Crippen LogP contribution in [-0.4, -0.2) is 32.3 Å². The second kappa shape index (κ2) is 9.78. The van der Waals surface area contributed by atoms with Crippen molar-refractivity contribution in [3.8, 4) is 0 Å². The van der Waals surface area contributed by atoms with E-state index < -0.39 is 17.3 Å². The molecule has 2 aromatic carbocycles. The Labute approximate surface area is 215 Å². The molecule has 1 unspecified atom stereocenters. The van der Waals surface area contributed by atoms with E-state index in [0.717, 1.165) is 28.8 Å². The lowest BCUT2D eigenvalue weighted by atomic mass is 9.83. The van der Waals surface area contributed by atoms with E-state index in [-0.39, 0.29) is 12.1 Å². The third-order valence-electron chi connectivity index (χ3n) is 7.05. The summed E-state index contributed by atoms with van der Waals surface area (Å²) in [6, 6.07) is 14.5. The summed E-state index contributed by atoms with van der Waals surface area (Å²) in [6.07, 6.45) is -0.408. The van der Waals surface area contributed by atoms with E-state index in [1.165, 1.54) is 12.4 Å². The normalized spacial score (nSPS) is 19.9. The summed E-state index contributed by atoms with van der Waals surface area (Å²) in [4.78, 5) is 17.2. The van der Waals surface area contributed by atoms with Crippen LogP contribution in [0.15, 0.2) is 66.0 Å². The zero-order chi connectivity index (χ0) is 26.2. The van der Waals surface area contributed by atoms with Gasteiger partial charge in [0.2, 0.25) is 0 Å². The van der Waals surface area contributed by atoms with Crippen molar-refractivity contribution in [3.05, 3.63) is 94.6 Å². The highest BCUT2D eigenvalue weighted by atomic mass is 19.4. The van der Waals surface area contributed by atoms with Crippen molar-refractivity contribution in [2.45, 2.75) is 58.2 Å². The quantitative estimate of drug-likeness (QED) is 0.482. The van der Waals surface area contributed by atoms with Crippen LogP contribution in [0.2, 0.25) is 0 Å². The van der Waals surface area contributed by atoms with Gasteiger partial charge in [0.1, 0.15) is 11.9 Å². The number of alkyl halides is 3. The summed E-state index contributed by atoms with van der Waals surface area (Å²) in [7, 11) is 0. The van der Waals surface area contributed by atoms with E-state index in [0.29, 0.717) is 38.1 Å². The van der Waals surface area contributed by atoms with E-state index >= 15 is 0 Å². The molecule has 5 rings (SSSR count). The number of halogens is 3. The lowest BCUT2D eigenvalue weighted by Gasteiger charge is -2.30. The fourth-order valence-corrected chi connectivity index (χ4v) is 5.56. The number of hydrogen-bond acceptors (Lipinski definition) is 6. The predicted octanol–water partition coefficient (Wildman–Crippen LogP) is 5.08. The maximum Gasteiger partial charge on any atom is 0.416 e. The number of guanidine groups is 1. The summed E-state index contributed by atoms with van der Waals surface area (Å²) in [5.41, 5.74) is 9.25. The van der Waals surface area contributed by atoms with Crippen LogP contribution in [-0.2, 0) is 37.9 Å². The lowest BCUT2D eigenvalue weighted by Crippen LogP contribution is -2.37. The largest absolute Gasteiger partial charge is 0.416 e. The molecule has 0 aliphatic carbocycles. The first-order chi connectivity index (χ1) is 17.6. The van der Waals surface area contributed by atoms with Crippen molar-refractivity contribution in [2.75, 3.05) is 6.54 Å². The van der Waals surface area contributed by atoms with Gasteiger partial charge in [-0.2, -0.15) is 13.2 Å². The van der Waals surface area contributed by atoms with Crippen molar-refractivity contribution < 1.29 is 13.2 Å². The Hall–Kier alpha value is -3.46. The molecular weight excluding hydrogens is 477 g/mol. The fraction of sp³-hybridized carbons (Fsp3) is 0.393. The topological polar surface area (TPSA) is 70.6 Å². The first-order valence-electron chi connectivity index (χ1n) is 12.5. The van der Waals surface area contributed by atoms with Crippen LogP contribution in [0.25, 0.3) is 0 Å². The van der Waals surface area contributed by atoms with Crippen molar-refractivity contribution in [1.82, 2.24) is 19.8 Å². The molecule has 0 fully saturated rings. The summed E-state index contributed by atoms with van der Waals surface area (Å²) in [5, 5.41) is 0. The summed E-state index contributed by atoms with van der Waals surface area (Å²) in [6.45, 7) is 6.48. The number of hydrogen-bond donors (Lipinski definition) is 1. The number of rotatable bonds is 7. The van der Waals surface area contributed by atoms with Crippen LogP contribution in [0.1, 0.15) is 53.8 Å². The first kappa shape index (κ1) is 25.2. The summed E-state index contributed by atoms with van der Waals surface area (Å²) < 4.78 is 41.7. The Morgan fingerprint density at radius 2 is 1.84 bits per heavy atom. The Morgan fingerprint density at radius 3 is 2.54 bits per heavy atom. The molecule has 1 aromatic heterocycles. The molecule has 0 bridgehead atoms. The molecule has 0 saturated carbocycles. The smallest absolute Gasteiger partial charge is 0.370 e. The molecule has 2 aliphatic rings. The maximum atomic E-state index is 13.9. The lowest BCUT2D eigenvalue weighted by molar-refractivity contribution is -0.138. The molecule has 2 aliphatic heterocycles. The molecular formula is C28H31F3N6. The van der Waals surface area contributed by atoms with Crippen molar-refractivity contribution in [3.63, 3.8) is 0 Å². The first-order valence-corrected chi connectivity index (χ1v) is 12.5. The minimum absolute atomic E-state index is 0.171. The highest BCUT2D eigenvalue weighted by Gasteiger charge is 2.41. The van der Waals surface area contributed by atoms with Crippen molar-refractivity contribution >= 4 is 5.96 Å². The molecule has 0 spiro atoms. The van der Waals surface area contributed by atoms with Gasteiger partial charge in [-0.15, -0.1) is 0 Å². The maximum absolute atomic E-state index is 13.9. The van der Waals surface area contributed by atoms with Crippen LogP contribution in [0.5, 0.6) is 0 Å². The molecule has 0 amide bonds. The van der Waals surface area contributed by atoms with Gasteiger partial charge in [-0.1, -0.05) is 56.3 Å². The van der Waals surface area contributed by atoms with Gasteiger partial charge in [-0.25, -0.2) is 15.0 Å². The van der Waals surface area contributed by atoms with Gasteiger partial charge in [0.15, 0.2) is 5.96 Å². The molecule has 9 heteroatoms. The van der Waals surface area contributed by atoms with E-state index in [4.69, 9.17) is 10.7 Å². The number of nitrogens with two attached hydrogens (primary N) is 1. The Morgan fingerprint density at radius 1 is 1.05 bits per heavy atom. The molecule has 0 radical (unpaired) electrons. The number of aliphatic imine (C=N–C) groups is 1. The van der Waals surface area contributed by atoms with Gasteiger partial charge >= 0.3 is 6.18 Å². The SMILES string of the molecule is CC(C)CC1(c2ccccc2)CN(Cc2ccc(C(F)(F)F)c(CN3Cc4cncnc4C3)c2)C(N)=N1. The van der Waals surface area contributed by atoms with Crippen LogP contribution >= 0.6 is 0 Å². The fourth-order valence-electron chi connectivity index (χ4n) is 5.56. The van der Waals surface area contributed by atoms with Crippen molar-refractivity contribution in [1.29, 1.82) is 0 Å². The van der Waals surface area contributed by atoms with Gasteiger partial charge < -0.3 is 10.6 Å². The Balaban J connectivity index is 1.39. The third kappa shape index (κ3) is 5.32.